The highest BCUT2D eigenvalue weighted by atomic mass is 16.5. The van der Waals surface area contributed by atoms with Gasteiger partial charge in [0.05, 0.1) is 6.07 Å². The van der Waals surface area contributed by atoms with Gasteiger partial charge in [-0.2, -0.15) is 10.2 Å². The summed E-state index contributed by atoms with van der Waals surface area (Å²) in [6.07, 6.45) is 2.03. The summed E-state index contributed by atoms with van der Waals surface area (Å²) < 4.78 is 5.19. The SMILES string of the molecule is CCN(CC)CCc1noc(CC(C)CC#N)n1. The largest absolute Gasteiger partial charge is 0.339 e. The van der Waals surface area contributed by atoms with E-state index in [4.69, 9.17) is 9.78 Å². The lowest BCUT2D eigenvalue weighted by molar-refractivity contribution is 0.302. The number of hydrogen-bond acceptors (Lipinski definition) is 5. The van der Waals surface area contributed by atoms with Crippen molar-refractivity contribution in [3.63, 3.8) is 0 Å². The molecule has 0 saturated carbocycles. The van der Waals surface area contributed by atoms with Crippen LogP contribution in [0.1, 0.15) is 38.9 Å². The summed E-state index contributed by atoms with van der Waals surface area (Å²) in [5, 5.41) is 12.6. The summed E-state index contributed by atoms with van der Waals surface area (Å²) in [7, 11) is 0. The molecule has 1 heterocycles. The molecule has 0 amide bonds. The van der Waals surface area contributed by atoms with Crippen LogP contribution in [0, 0.1) is 17.2 Å². The third-order valence-corrected chi connectivity index (χ3v) is 3.02. The first kappa shape index (κ1) is 14.7. The van der Waals surface area contributed by atoms with Gasteiger partial charge in [0.15, 0.2) is 5.82 Å². The number of likely N-dealkylation sites (N-methyl/N-ethyl adjacent to an activating group) is 1. The molecule has 18 heavy (non-hydrogen) atoms. The first-order valence-corrected chi connectivity index (χ1v) is 6.60. The molecule has 1 rings (SSSR count). The maximum Gasteiger partial charge on any atom is 0.226 e. The summed E-state index contributed by atoms with van der Waals surface area (Å²) >= 11 is 0. The molecule has 0 N–H and O–H groups in total. The van der Waals surface area contributed by atoms with Gasteiger partial charge in [-0.15, -0.1) is 0 Å². The van der Waals surface area contributed by atoms with Crippen molar-refractivity contribution in [1.29, 1.82) is 5.26 Å². The van der Waals surface area contributed by atoms with Gasteiger partial charge in [-0.05, 0) is 19.0 Å². The highest BCUT2D eigenvalue weighted by molar-refractivity contribution is 4.89. The molecule has 0 saturated heterocycles. The Labute approximate surface area is 109 Å². The van der Waals surface area contributed by atoms with Crippen molar-refractivity contribution in [2.75, 3.05) is 19.6 Å². The van der Waals surface area contributed by atoms with E-state index >= 15 is 0 Å². The van der Waals surface area contributed by atoms with Gasteiger partial charge < -0.3 is 9.42 Å². The van der Waals surface area contributed by atoms with Crippen LogP contribution >= 0.6 is 0 Å². The van der Waals surface area contributed by atoms with Crippen LogP contribution in [0.15, 0.2) is 4.52 Å². The van der Waals surface area contributed by atoms with Crippen molar-refractivity contribution in [3.8, 4) is 6.07 Å². The molecule has 1 aromatic rings. The van der Waals surface area contributed by atoms with Gasteiger partial charge in [0.2, 0.25) is 5.89 Å². The Morgan fingerprint density at radius 3 is 2.72 bits per heavy atom. The third kappa shape index (κ3) is 4.84. The van der Waals surface area contributed by atoms with E-state index in [9.17, 15) is 0 Å². The predicted octanol–water partition coefficient (Wildman–Crippen LogP) is 2.05. The lowest BCUT2D eigenvalue weighted by Crippen LogP contribution is -2.25. The Morgan fingerprint density at radius 2 is 2.11 bits per heavy atom. The standard InChI is InChI=1S/C13H22N4O/c1-4-17(5-2)9-7-12-15-13(18-16-12)10-11(3)6-8-14/h11H,4-7,9-10H2,1-3H3. The van der Waals surface area contributed by atoms with E-state index in [1.165, 1.54) is 0 Å². The Bertz CT molecular complexity index is 379. The zero-order valence-electron chi connectivity index (χ0n) is 11.5. The van der Waals surface area contributed by atoms with E-state index in [0.717, 1.165) is 31.9 Å². The van der Waals surface area contributed by atoms with E-state index < -0.39 is 0 Å². The Balaban J connectivity index is 2.41. The molecule has 0 bridgehead atoms. The maximum absolute atomic E-state index is 8.60. The molecule has 1 unspecified atom stereocenters. The number of rotatable bonds is 8. The summed E-state index contributed by atoms with van der Waals surface area (Å²) in [5.41, 5.74) is 0. The first-order chi connectivity index (χ1) is 8.69. The zero-order valence-corrected chi connectivity index (χ0v) is 11.5. The molecule has 0 aliphatic heterocycles. The number of aromatic nitrogens is 2. The van der Waals surface area contributed by atoms with E-state index in [-0.39, 0.29) is 5.92 Å². The maximum atomic E-state index is 8.60. The fraction of sp³-hybridized carbons (Fsp3) is 0.769. The molecule has 1 atom stereocenters. The smallest absolute Gasteiger partial charge is 0.226 e. The van der Waals surface area contributed by atoms with Gasteiger partial charge in [-0.25, -0.2) is 0 Å². The second kappa shape index (κ2) is 7.83. The van der Waals surface area contributed by atoms with Crippen molar-refractivity contribution >= 4 is 0 Å². The van der Waals surface area contributed by atoms with E-state index in [0.29, 0.717) is 18.7 Å². The molecule has 0 aliphatic carbocycles. The summed E-state index contributed by atoms with van der Waals surface area (Å²) in [6, 6.07) is 2.15. The van der Waals surface area contributed by atoms with Crippen molar-refractivity contribution in [2.24, 2.45) is 5.92 Å². The average Bonchev–Trinajstić information content (AvgIpc) is 2.78. The second-order valence-electron chi connectivity index (χ2n) is 4.55. The molecule has 0 fully saturated rings. The average molecular weight is 250 g/mol. The van der Waals surface area contributed by atoms with E-state index in [1.54, 1.807) is 0 Å². The van der Waals surface area contributed by atoms with Crippen LogP contribution in [-0.2, 0) is 12.8 Å². The normalized spacial score (nSPS) is 12.6. The fourth-order valence-corrected chi connectivity index (χ4v) is 1.80. The van der Waals surface area contributed by atoms with E-state index in [2.05, 4.69) is 35.0 Å². The van der Waals surface area contributed by atoms with Crippen LogP contribution in [0.2, 0.25) is 0 Å². The minimum atomic E-state index is 0.270. The fourth-order valence-electron chi connectivity index (χ4n) is 1.80. The van der Waals surface area contributed by atoms with Gasteiger partial charge >= 0.3 is 0 Å². The summed E-state index contributed by atoms with van der Waals surface area (Å²) in [5.74, 6) is 1.68. The highest BCUT2D eigenvalue weighted by Crippen LogP contribution is 2.09. The van der Waals surface area contributed by atoms with Crippen LogP contribution in [0.5, 0.6) is 0 Å². The molecular formula is C13H22N4O. The predicted molar refractivity (Wildman–Crippen MR) is 68.9 cm³/mol. The molecular weight excluding hydrogens is 228 g/mol. The summed E-state index contributed by atoms with van der Waals surface area (Å²) in [4.78, 5) is 6.69. The molecule has 5 nitrogen and oxygen atoms in total. The van der Waals surface area contributed by atoms with Gasteiger partial charge in [0, 0.05) is 25.8 Å². The molecule has 1 aromatic heterocycles. The number of nitrogens with zero attached hydrogens (tertiary/aromatic N) is 4. The van der Waals surface area contributed by atoms with Gasteiger partial charge in [-0.3, -0.25) is 0 Å². The van der Waals surface area contributed by atoms with Gasteiger partial charge in [-0.1, -0.05) is 25.9 Å². The lowest BCUT2D eigenvalue weighted by atomic mass is 10.1. The van der Waals surface area contributed by atoms with Crippen LogP contribution in [0.4, 0.5) is 0 Å². The Kier molecular flexibility index (Phi) is 6.37. The minimum Gasteiger partial charge on any atom is -0.339 e. The molecule has 0 aliphatic rings. The Morgan fingerprint density at radius 1 is 1.39 bits per heavy atom. The van der Waals surface area contributed by atoms with E-state index in [1.807, 2.05) is 6.92 Å². The molecule has 5 heteroatoms. The van der Waals surface area contributed by atoms with Gasteiger partial charge in [0.25, 0.3) is 0 Å². The van der Waals surface area contributed by atoms with Crippen LogP contribution in [0.25, 0.3) is 0 Å². The minimum absolute atomic E-state index is 0.270. The first-order valence-electron chi connectivity index (χ1n) is 6.60. The highest BCUT2D eigenvalue weighted by Gasteiger charge is 2.11. The number of hydrogen-bond donors (Lipinski definition) is 0. The molecule has 100 valence electrons. The van der Waals surface area contributed by atoms with Crippen LogP contribution < -0.4 is 0 Å². The third-order valence-electron chi connectivity index (χ3n) is 3.02. The quantitative estimate of drug-likeness (QED) is 0.706. The molecule has 0 aromatic carbocycles. The van der Waals surface area contributed by atoms with Crippen molar-refractivity contribution < 1.29 is 4.52 Å². The van der Waals surface area contributed by atoms with Crippen molar-refractivity contribution in [1.82, 2.24) is 15.0 Å². The van der Waals surface area contributed by atoms with Crippen molar-refractivity contribution in [3.05, 3.63) is 11.7 Å². The van der Waals surface area contributed by atoms with Gasteiger partial charge in [0.1, 0.15) is 0 Å². The molecule has 0 spiro atoms. The van der Waals surface area contributed by atoms with Crippen LogP contribution in [0.3, 0.4) is 0 Å². The Hall–Kier alpha value is -1.41. The summed E-state index contributed by atoms with van der Waals surface area (Å²) in [6.45, 7) is 9.35. The number of nitriles is 1. The zero-order chi connectivity index (χ0) is 13.4. The lowest BCUT2D eigenvalue weighted by Gasteiger charge is -2.16. The monoisotopic (exact) mass is 250 g/mol. The van der Waals surface area contributed by atoms with Crippen molar-refractivity contribution in [2.45, 2.75) is 40.0 Å². The van der Waals surface area contributed by atoms with Crippen LogP contribution in [-0.4, -0.2) is 34.7 Å². The second-order valence-corrected chi connectivity index (χ2v) is 4.55. The topological polar surface area (TPSA) is 66.0 Å². The molecule has 0 radical (unpaired) electrons.